The maximum absolute atomic E-state index is 12.4. The third-order valence-electron chi connectivity index (χ3n) is 4.92. The first kappa shape index (κ1) is 18.8. The summed E-state index contributed by atoms with van der Waals surface area (Å²) in [5.74, 6) is -0.0477. The molecule has 124 valence electrons. The Morgan fingerprint density at radius 2 is 2.05 bits per heavy atom. The van der Waals surface area contributed by atoms with Gasteiger partial charge in [0.15, 0.2) is 0 Å². The number of carbonyl (C=O) groups is 1. The highest BCUT2D eigenvalue weighted by Gasteiger charge is 2.53. The molecule has 0 radical (unpaired) electrons. The molecule has 0 aliphatic heterocycles. The second-order valence-corrected chi connectivity index (χ2v) is 5.77. The number of halogens is 1. The van der Waals surface area contributed by atoms with E-state index in [1.807, 2.05) is 6.92 Å². The van der Waals surface area contributed by atoms with Crippen molar-refractivity contribution < 1.29 is 9.53 Å². The molecule has 3 N–H and O–H groups in total. The van der Waals surface area contributed by atoms with Crippen LogP contribution in [0.3, 0.4) is 0 Å². The molecule has 22 heavy (non-hydrogen) atoms. The Morgan fingerprint density at radius 3 is 2.59 bits per heavy atom. The zero-order chi connectivity index (χ0) is 15.5. The molecule has 0 bridgehead atoms. The Bertz CT molecular complexity index is 503. The molecule has 5 heteroatoms. The first-order valence-electron chi connectivity index (χ1n) is 7.85. The summed E-state index contributed by atoms with van der Waals surface area (Å²) in [4.78, 5) is 12.4. The highest BCUT2D eigenvalue weighted by Crippen LogP contribution is 2.48. The fourth-order valence-electron chi connectivity index (χ4n) is 3.50. The normalized spacial score (nSPS) is 22.3. The molecule has 1 saturated carbocycles. The summed E-state index contributed by atoms with van der Waals surface area (Å²) in [6.07, 6.45) is 3.17. The first-order chi connectivity index (χ1) is 10.1. The van der Waals surface area contributed by atoms with Gasteiger partial charge in [0.05, 0.1) is 6.10 Å². The van der Waals surface area contributed by atoms with Gasteiger partial charge in [0.2, 0.25) is 0 Å². The van der Waals surface area contributed by atoms with Crippen LogP contribution in [0.15, 0.2) is 24.3 Å². The predicted molar refractivity (Wildman–Crippen MR) is 92.4 cm³/mol. The van der Waals surface area contributed by atoms with Crippen molar-refractivity contribution in [2.24, 2.45) is 5.41 Å². The molecular weight excluding hydrogens is 300 g/mol. The van der Waals surface area contributed by atoms with Gasteiger partial charge in [-0.2, -0.15) is 0 Å². The maximum atomic E-state index is 12.4. The number of nitrogens with two attached hydrogens (primary N) is 1. The van der Waals surface area contributed by atoms with E-state index in [1.165, 1.54) is 0 Å². The summed E-state index contributed by atoms with van der Waals surface area (Å²) in [5.41, 5.74) is 7.04. The average molecular weight is 327 g/mol. The number of amides is 1. The Balaban J connectivity index is 0.00000242. The fourth-order valence-corrected chi connectivity index (χ4v) is 3.50. The van der Waals surface area contributed by atoms with Gasteiger partial charge >= 0.3 is 0 Å². The van der Waals surface area contributed by atoms with Gasteiger partial charge in [0.25, 0.3) is 5.91 Å². The van der Waals surface area contributed by atoms with Crippen LogP contribution in [0.1, 0.15) is 50.4 Å². The lowest BCUT2D eigenvalue weighted by atomic mass is 9.58. The number of ether oxygens (including phenoxy) is 1. The molecule has 0 spiro atoms. The number of rotatable bonds is 6. The van der Waals surface area contributed by atoms with Crippen LogP contribution in [-0.4, -0.2) is 24.7 Å². The molecule has 1 aromatic carbocycles. The average Bonchev–Trinajstić information content (AvgIpc) is 2.47. The second-order valence-electron chi connectivity index (χ2n) is 5.77. The Kier molecular flexibility index (Phi) is 6.69. The van der Waals surface area contributed by atoms with Gasteiger partial charge in [-0.05, 0) is 44.4 Å². The molecule has 0 saturated heterocycles. The maximum Gasteiger partial charge on any atom is 0.251 e. The van der Waals surface area contributed by atoms with Crippen LogP contribution in [0.5, 0.6) is 0 Å². The monoisotopic (exact) mass is 326 g/mol. The standard InChI is InChI=1S/C17H26N2O2.ClH/c1-4-17(5-2)14(11-15(17)21-6-3)19-16(20)12-8-7-9-13(18)10-12;/h7-10,14-15H,4-6,11,18H2,1-3H3,(H,19,20);1H. The summed E-state index contributed by atoms with van der Waals surface area (Å²) in [6.45, 7) is 7.10. The van der Waals surface area contributed by atoms with Crippen LogP contribution >= 0.6 is 12.4 Å². The van der Waals surface area contributed by atoms with Crippen molar-refractivity contribution in [1.82, 2.24) is 5.32 Å². The number of nitrogens with one attached hydrogen (secondary N) is 1. The third-order valence-corrected chi connectivity index (χ3v) is 4.92. The smallest absolute Gasteiger partial charge is 0.251 e. The van der Waals surface area contributed by atoms with Crippen molar-refractivity contribution in [1.29, 1.82) is 0 Å². The number of hydrogen-bond acceptors (Lipinski definition) is 3. The van der Waals surface area contributed by atoms with Gasteiger partial charge in [-0.3, -0.25) is 4.79 Å². The Morgan fingerprint density at radius 1 is 1.36 bits per heavy atom. The van der Waals surface area contributed by atoms with Crippen molar-refractivity contribution in [3.05, 3.63) is 29.8 Å². The van der Waals surface area contributed by atoms with E-state index in [0.717, 1.165) is 25.9 Å². The quantitative estimate of drug-likeness (QED) is 0.787. The minimum Gasteiger partial charge on any atom is -0.399 e. The van der Waals surface area contributed by atoms with Crippen LogP contribution in [0, 0.1) is 5.41 Å². The lowest BCUT2D eigenvalue weighted by Gasteiger charge is -2.55. The van der Waals surface area contributed by atoms with E-state index >= 15 is 0 Å². The SMILES string of the molecule is CCOC1CC(NC(=O)c2cccc(N)c2)C1(CC)CC.Cl. The molecule has 2 atom stereocenters. The van der Waals surface area contributed by atoms with Gasteiger partial charge in [-0.1, -0.05) is 19.9 Å². The molecule has 1 amide bonds. The van der Waals surface area contributed by atoms with Crippen LogP contribution in [0.4, 0.5) is 5.69 Å². The zero-order valence-corrected chi connectivity index (χ0v) is 14.4. The lowest BCUT2D eigenvalue weighted by molar-refractivity contribution is -0.134. The van der Waals surface area contributed by atoms with Crippen LogP contribution in [0.25, 0.3) is 0 Å². The van der Waals surface area contributed by atoms with Crippen LogP contribution in [-0.2, 0) is 4.74 Å². The zero-order valence-electron chi connectivity index (χ0n) is 13.6. The van der Waals surface area contributed by atoms with E-state index in [1.54, 1.807) is 24.3 Å². The van der Waals surface area contributed by atoms with Gasteiger partial charge in [-0.15, -0.1) is 12.4 Å². The summed E-state index contributed by atoms with van der Waals surface area (Å²) >= 11 is 0. The highest BCUT2D eigenvalue weighted by atomic mass is 35.5. The van der Waals surface area contributed by atoms with E-state index in [0.29, 0.717) is 11.3 Å². The number of hydrogen-bond donors (Lipinski definition) is 2. The minimum absolute atomic E-state index is 0. The molecule has 1 aliphatic carbocycles. The molecule has 2 rings (SSSR count). The molecule has 1 aromatic rings. The van der Waals surface area contributed by atoms with Crippen LogP contribution < -0.4 is 11.1 Å². The minimum atomic E-state index is -0.0477. The summed E-state index contributed by atoms with van der Waals surface area (Å²) in [6, 6.07) is 7.28. The third kappa shape index (κ3) is 3.39. The number of anilines is 1. The predicted octanol–water partition coefficient (Wildman–Crippen LogP) is 3.40. The molecule has 1 aliphatic rings. The molecule has 2 unspecified atom stereocenters. The summed E-state index contributed by atoms with van der Waals surface area (Å²) in [7, 11) is 0. The molecule has 0 aromatic heterocycles. The topological polar surface area (TPSA) is 64.3 Å². The van der Waals surface area contributed by atoms with Crippen molar-refractivity contribution in [2.75, 3.05) is 12.3 Å². The largest absolute Gasteiger partial charge is 0.399 e. The van der Waals surface area contributed by atoms with E-state index < -0.39 is 0 Å². The van der Waals surface area contributed by atoms with Crippen molar-refractivity contribution >= 4 is 24.0 Å². The van der Waals surface area contributed by atoms with Crippen molar-refractivity contribution in [2.45, 2.75) is 52.2 Å². The summed E-state index contributed by atoms with van der Waals surface area (Å²) < 4.78 is 5.84. The van der Waals surface area contributed by atoms with E-state index in [4.69, 9.17) is 10.5 Å². The van der Waals surface area contributed by atoms with Gasteiger partial charge in [0, 0.05) is 29.3 Å². The first-order valence-corrected chi connectivity index (χ1v) is 7.85. The van der Waals surface area contributed by atoms with Crippen LogP contribution in [0.2, 0.25) is 0 Å². The number of benzene rings is 1. The number of nitrogen functional groups attached to an aromatic ring is 1. The second kappa shape index (κ2) is 7.84. The summed E-state index contributed by atoms with van der Waals surface area (Å²) in [5, 5.41) is 3.17. The highest BCUT2D eigenvalue weighted by molar-refractivity contribution is 5.95. The Labute approximate surface area is 139 Å². The lowest BCUT2D eigenvalue weighted by Crippen LogP contribution is -2.64. The molecule has 0 heterocycles. The van der Waals surface area contributed by atoms with Gasteiger partial charge < -0.3 is 15.8 Å². The molecule has 1 fully saturated rings. The fraction of sp³-hybridized carbons (Fsp3) is 0.588. The Hall–Kier alpha value is -1.26. The van der Waals surface area contributed by atoms with E-state index in [-0.39, 0.29) is 35.9 Å². The molecule has 4 nitrogen and oxygen atoms in total. The number of carbonyl (C=O) groups excluding carboxylic acids is 1. The van der Waals surface area contributed by atoms with Gasteiger partial charge in [0.1, 0.15) is 0 Å². The molecular formula is C17H27ClN2O2. The van der Waals surface area contributed by atoms with E-state index in [9.17, 15) is 4.79 Å². The van der Waals surface area contributed by atoms with Crippen molar-refractivity contribution in [3.63, 3.8) is 0 Å². The van der Waals surface area contributed by atoms with E-state index in [2.05, 4.69) is 19.2 Å². The van der Waals surface area contributed by atoms with Gasteiger partial charge in [-0.25, -0.2) is 0 Å². The van der Waals surface area contributed by atoms with Crippen molar-refractivity contribution in [3.8, 4) is 0 Å².